The number of hydrogen-bond donors (Lipinski definition) is 1. The zero-order valence-electron chi connectivity index (χ0n) is 21.8. The molecular weight excluding hydrogens is 476 g/mol. The lowest BCUT2D eigenvalue weighted by Gasteiger charge is -2.16. The van der Waals surface area contributed by atoms with Crippen molar-refractivity contribution in [2.24, 2.45) is 5.92 Å². The number of benzene rings is 2. The first kappa shape index (κ1) is 27.3. The smallest absolute Gasteiger partial charge is 0.146 e. The van der Waals surface area contributed by atoms with E-state index in [0.717, 1.165) is 33.5 Å². The number of aromatic nitrogens is 2. The van der Waals surface area contributed by atoms with Crippen LogP contribution in [-0.2, 0) is 9.78 Å². The molecule has 1 N–H and O–H groups in total. The van der Waals surface area contributed by atoms with E-state index in [0.29, 0.717) is 22.5 Å². The molecule has 1 heterocycles. The number of nitrogens with zero attached hydrogens (tertiary/aromatic N) is 2. The Morgan fingerprint density at radius 3 is 2.43 bits per heavy atom. The summed E-state index contributed by atoms with van der Waals surface area (Å²) >= 11 is 8.04. The van der Waals surface area contributed by atoms with Crippen LogP contribution in [-0.4, -0.2) is 21.8 Å². The first-order valence-electron chi connectivity index (χ1n) is 11.8. The van der Waals surface area contributed by atoms with Gasteiger partial charge < -0.3 is 9.29 Å². The van der Waals surface area contributed by atoms with Gasteiger partial charge in [-0.25, -0.2) is 4.98 Å². The molecule has 0 saturated heterocycles. The minimum atomic E-state index is -1.09. The minimum Gasteiger partial charge on any atom is -0.384 e. The number of aliphatic hydroxyl groups is 1. The molecule has 35 heavy (non-hydrogen) atoms. The highest BCUT2D eigenvalue weighted by Gasteiger charge is 2.25. The van der Waals surface area contributed by atoms with Crippen LogP contribution in [0.25, 0.3) is 22.6 Å². The maximum atomic E-state index is 10.7. The molecule has 0 fully saturated rings. The van der Waals surface area contributed by atoms with Crippen molar-refractivity contribution in [3.63, 3.8) is 0 Å². The number of rotatable bonds is 8. The number of imidazole rings is 1. The van der Waals surface area contributed by atoms with Gasteiger partial charge in [-0.15, -0.1) is 0 Å². The first-order valence-corrected chi connectivity index (χ1v) is 12.9. The molecule has 1 aromatic heterocycles. The highest BCUT2D eigenvalue weighted by Crippen LogP contribution is 2.36. The van der Waals surface area contributed by atoms with Gasteiger partial charge in [0.2, 0.25) is 0 Å². The molecule has 0 aliphatic heterocycles. The second-order valence-corrected chi connectivity index (χ2v) is 10.9. The Kier molecular flexibility index (Phi) is 8.71. The summed E-state index contributed by atoms with van der Waals surface area (Å²) in [4.78, 5) is 6.00. The fourth-order valence-electron chi connectivity index (χ4n) is 3.93. The van der Waals surface area contributed by atoms with Crippen LogP contribution in [0.5, 0.6) is 0 Å². The Bertz CT molecular complexity index is 1250. The van der Waals surface area contributed by atoms with Gasteiger partial charge in [-0.2, -0.15) is 0 Å². The van der Waals surface area contributed by atoms with Gasteiger partial charge in [-0.3, -0.25) is 4.57 Å². The van der Waals surface area contributed by atoms with Crippen molar-refractivity contribution in [3.8, 4) is 17.1 Å². The zero-order chi connectivity index (χ0) is 25.9. The predicted octanol–water partition coefficient (Wildman–Crippen LogP) is 8.27. The molecule has 0 radical (unpaired) electrons. The zero-order valence-corrected chi connectivity index (χ0v) is 23.4. The summed E-state index contributed by atoms with van der Waals surface area (Å²) in [5, 5.41) is 11.3. The van der Waals surface area contributed by atoms with Gasteiger partial charge in [-0.1, -0.05) is 49.7 Å². The Hall–Kier alpha value is -2.31. The second kappa shape index (κ2) is 11.2. The van der Waals surface area contributed by atoms with Gasteiger partial charge in [0, 0.05) is 28.7 Å². The summed E-state index contributed by atoms with van der Waals surface area (Å²) in [6.45, 7) is 14.0. The van der Waals surface area contributed by atoms with E-state index >= 15 is 0 Å². The van der Waals surface area contributed by atoms with Crippen LogP contribution in [0.4, 0.5) is 0 Å². The van der Waals surface area contributed by atoms with Crippen molar-refractivity contribution in [1.82, 2.24) is 9.55 Å². The van der Waals surface area contributed by atoms with Gasteiger partial charge in [-0.05, 0) is 87.1 Å². The van der Waals surface area contributed by atoms with E-state index in [1.54, 1.807) is 21.0 Å². The quantitative estimate of drug-likeness (QED) is 0.244. The molecule has 0 unspecified atom stereocenters. The van der Waals surface area contributed by atoms with Gasteiger partial charge in [0.15, 0.2) is 0 Å². The van der Waals surface area contributed by atoms with Crippen molar-refractivity contribution in [1.29, 1.82) is 0 Å². The molecule has 4 nitrogen and oxygen atoms in total. The molecule has 0 saturated carbocycles. The Labute approximate surface area is 218 Å². The van der Waals surface area contributed by atoms with Crippen LogP contribution in [0.1, 0.15) is 57.0 Å². The molecule has 0 bridgehead atoms. The Balaban J connectivity index is 2.16. The van der Waals surface area contributed by atoms with Gasteiger partial charge in [0.25, 0.3) is 0 Å². The summed E-state index contributed by atoms with van der Waals surface area (Å²) in [6.07, 6.45) is 6.22. The van der Waals surface area contributed by atoms with E-state index in [-0.39, 0.29) is 0 Å². The lowest BCUT2D eigenvalue weighted by atomic mass is 10.00. The van der Waals surface area contributed by atoms with Crippen molar-refractivity contribution >= 4 is 29.2 Å². The molecule has 0 amide bonds. The number of halogens is 1. The summed E-state index contributed by atoms with van der Waals surface area (Å²) in [7, 11) is 1.69. The number of allylic oxidation sites excluding steroid dienone is 4. The number of hydrogen-bond acceptors (Lipinski definition) is 4. The van der Waals surface area contributed by atoms with E-state index < -0.39 is 5.60 Å². The third-order valence-corrected chi connectivity index (χ3v) is 7.19. The van der Waals surface area contributed by atoms with E-state index in [1.165, 1.54) is 16.9 Å². The van der Waals surface area contributed by atoms with Crippen LogP contribution in [0.15, 0.2) is 59.7 Å². The normalized spacial score (nSPS) is 13.1. The second-order valence-electron chi connectivity index (χ2n) is 9.51. The van der Waals surface area contributed by atoms with Gasteiger partial charge in [0.05, 0.1) is 23.5 Å². The summed E-state index contributed by atoms with van der Waals surface area (Å²) in [5.74, 6) is 1.08. The van der Waals surface area contributed by atoms with Crippen LogP contribution in [0, 0.1) is 19.8 Å². The molecule has 0 aliphatic rings. The largest absolute Gasteiger partial charge is 0.384 e. The lowest BCUT2D eigenvalue weighted by molar-refractivity contribution is 0.0743. The van der Waals surface area contributed by atoms with E-state index in [4.69, 9.17) is 20.8 Å². The summed E-state index contributed by atoms with van der Waals surface area (Å²) in [6, 6.07) is 12.2. The van der Waals surface area contributed by atoms with Crippen LogP contribution in [0.2, 0.25) is 5.02 Å². The monoisotopic (exact) mass is 510 g/mol. The fourth-order valence-corrected chi connectivity index (χ4v) is 4.79. The highest BCUT2D eigenvalue weighted by atomic mass is 35.5. The van der Waals surface area contributed by atoms with Gasteiger partial charge in [0.1, 0.15) is 11.4 Å². The molecule has 0 aliphatic carbocycles. The maximum Gasteiger partial charge on any atom is 0.146 e. The highest BCUT2D eigenvalue weighted by molar-refractivity contribution is 7.98. The average Bonchev–Trinajstić information content (AvgIpc) is 3.21. The molecule has 6 heteroatoms. The minimum absolute atomic E-state index is 0.364. The molecule has 3 rings (SSSR count). The molecule has 0 spiro atoms. The molecular formula is C29H35ClN2O2S. The molecule has 0 atom stereocenters. The Morgan fingerprint density at radius 2 is 1.89 bits per heavy atom. The van der Waals surface area contributed by atoms with E-state index in [2.05, 4.69) is 51.1 Å². The van der Waals surface area contributed by atoms with Crippen molar-refractivity contribution in [2.75, 3.05) is 7.11 Å². The number of aryl methyl sites for hydroxylation is 2. The van der Waals surface area contributed by atoms with E-state index in [1.807, 2.05) is 42.8 Å². The third kappa shape index (κ3) is 6.10. The summed E-state index contributed by atoms with van der Waals surface area (Å²) in [5.41, 5.74) is 5.73. The first-order chi connectivity index (χ1) is 16.5. The van der Waals surface area contributed by atoms with Crippen molar-refractivity contribution in [2.45, 2.75) is 54.1 Å². The lowest BCUT2D eigenvalue weighted by Crippen LogP contribution is -2.15. The predicted molar refractivity (Wildman–Crippen MR) is 150 cm³/mol. The van der Waals surface area contributed by atoms with Crippen LogP contribution in [0.3, 0.4) is 0 Å². The van der Waals surface area contributed by atoms with Crippen molar-refractivity contribution in [3.05, 3.63) is 87.1 Å². The fraction of sp³-hybridized carbons (Fsp3) is 0.345. The molecule has 2 aromatic carbocycles. The Morgan fingerprint density at radius 1 is 1.17 bits per heavy atom. The van der Waals surface area contributed by atoms with Crippen molar-refractivity contribution < 1.29 is 9.29 Å². The van der Waals surface area contributed by atoms with E-state index in [9.17, 15) is 5.11 Å². The van der Waals surface area contributed by atoms with Crippen LogP contribution >= 0.6 is 23.6 Å². The topological polar surface area (TPSA) is 47.3 Å². The molecule has 186 valence electrons. The standard InChI is InChI=1S/C29H35ClN2O2S/c1-9-21(16-25(18(2)3)35-34-8)22-13-14-24(20(5)15-22)32-17-26(29(6,7)33)31-28(32)27-19(4)11-10-12-23(27)30/h9-18,33H,1-8H3/b21-9+,25-16+. The molecule has 3 aromatic rings. The summed E-state index contributed by atoms with van der Waals surface area (Å²) < 4.78 is 7.36. The average molecular weight is 511 g/mol. The van der Waals surface area contributed by atoms with Gasteiger partial charge >= 0.3 is 0 Å². The maximum absolute atomic E-state index is 10.7. The third-order valence-electron chi connectivity index (χ3n) is 5.93. The SMILES string of the molecule is C/C=C(\C=C(\SOC)C(C)C)c1ccc(-n2cc(C(C)(C)O)nc2-c2c(C)cccc2Cl)c(C)c1. The van der Waals surface area contributed by atoms with Crippen LogP contribution < -0.4 is 0 Å².